The first-order valence-electron chi connectivity index (χ1n) is 9.49. The van der Waals surface area contributed by atoms with E-state index in [-0.39, 0.29) is 22.1 Å². The van der Waals surface area contributed by atoms with Crippen LogP contribution in [0.5, 0.6) is 5.75 Å². The van der Waals surface area contributed by atoms with Crippen LogP contribution < -0.4 is 14.8 Å². The normalized spacial score (nSPS) is 11.0. The molecule has 3 rings (SSSR count). The molecule has 156 valence electrons. The maximum atomic E-state index is 12.7. The molecule has 0 aliphatic carbocycles. The molecule has 0 atom stereocenters. The Hall–Kier alpha value is -3.32. The van der Waals surface area contributed by atoms with Crippen LogP contribution in [0.15, 0.2) is 77.7 Å². The Balaban J connectivity index is 1.67. The van der Waals surface area contributed by atoms with Gasteiger partial charge < -0.3 is 10.1 Å². The summed E-state index contributed by atoms with van der Waals surface area (Å²) in [6, 6.07) is 20.7. The monoisotopic (exact) mass is 424 g/mol. The van der Waals surface area contributed by atoms with Crippen molar-refractivity contribution in [2.75, 3.05) is 18.4 Å². The molecule has 7 heteroatoms. The summed E-state index contributed by atoms with van der Waals surface area (Å²) < 4.78 is 33.0. The van der Waals surface area contributed by atoms with Crippen molar-refractivity contribution < 1.29 is 17.9 Å². The maximum Gasteiger partial charge on any atom is 0.261 e. The van der Waals surface area contributed by atoms with Gasteiger partial charge in [-0.3, -0.25) is 9.52 Å². The van der Waals surface area contributed by atoms with Crippen molar-refractivity contribution in [2.45, 2.75) is 18.2 Å². The van der Waals surface area contributed by atoms with Crippen LogP contribution in [0, 0.1) is 6.92 Å². The summed E-state index contributed by atoms with van der Waals surface area (Å²) in [7, 11) is -2.19. The van der Waals surface area contributed by atoms with Gasteiger partial charge in [-0.15, -0.1) is 0 Å². The molecule has 30 heavy (non-hydrogen) atoms. The SMILES string of the molecule is COc1ccc(CCNC(=O)c2ccccc2NS(=O)(=O)c2ccc(C)cc2)cc1. The number of carbonyl (C=O) groups is 1. The second-order valence-corrected chi connectivity index (χ2v) is 8.50. The third-order valence-electron chi connectivity index (χ3n) is 4.61. The van der Waals surface area contributed by atoms with Gasteiger partial charge in [-0.2, -0.15) is 0 Å². The van der Waals surface area contributed by atoms with E-state index in [0.717, 1.165) is 16.9 Å². The molecule has 0 radical (unpaired) electrons. The van der Waals surface area contributed by atoms with Crippen LogP contribution in [0.2, 0.25) is 0 Å². The zero-order valence-corrected chi connectivity index (χ0v) is 17.7. The smallest absolute Gasteiger partial charge is 0.261 e. The first-order valence-corrected chi connectivity index (χ1v) is 11.0. The number of anilines is 1. The number of carbonyl (C=O) groups excluding carboxylic acids is 1. The van der Waals surface area contributed by atoms with Crippen LogP contribution >= 0.6 is 0 Å². The number of hydrogen-bond acceptors (Lipinski definition) is 4. The number of methoxy groups -OCH3 is 1. The first-order chi connectivity index (χ1) is 14.4. The van der Waals surface area contributed by atoms with Crippen LogP contribution in [0.3, 0.4) is 0 Å². The van der Waals surface area contributed by atoms with E-state index in [0.29, 0.717) is 13.0 Å². The van der Waals surface area contributed by atoms with Crippen molar-refractivity contribution in [3.05, 3.63) is 89.5 Å². The number of para-hydroxylation sites is 1. The fraction of sp³-hybridized carbons (Fsp3) is 0.174. The second-order valence-electron chi connectivity index (χ2n) is 6.82. The number of rotatable bonds is 8. The van der Waals surface area contributed by atoms with Crippen molar-refractivity contribution >= 4 is 21.6 Å². The minimum atomic E-state index is -3.80. The molecular weight excluding hydrogens is 400 g/mol. The standard InChI is InChI=1S/C23H24N2O4S/c1-17-7-13-20(14-8-17)30(27,28)25-22-6-4-3-5-21(22)23(26)24-16-15-18-9-11-19(29-2)12-10-18/h3-14,25H,15-16H2,1-2H3,(H,24,26). The Kier molecular flexibility index (Phi) is 6.74. The van der Waals surface area contributed by atoms with Crippen LogP contribution in [-0.4, -0.2) is 28.0 Å². The summed E-state index contributed by atoms with van der Waals surface area (Å²) in [6.07, 6.45) is 0.646. The lowest BCUT2D eigenvalue weighted by atomic mass is 10.1. The molecule has 0 bridgehead atoms. The predicted molar refractivity (Wildman–Crippen MR) is 117 cm³/mol. The van der Waals surface area contributed by atoms with Gasteiger partial charge in [0.15, 0.2) is 0 Å². The van der Waals surface area contributed by atoms with Gasteiger partial charge in [0, 0.05) is 6.54 Å². The highest BCUT2D eigenvalue weighted by Crippen LogP contribution is 2.20. The van der Waals surface area contributed by atoms with Gasteiger partial charge in [0.1, 0.15) is 5.75 Å². The highest BCUT2D eigenvalue weighted by atomic mass is 32.2. The molecule has 2 N–H and O–H groups in total. The highest BCUT2D eigenvalue weighted by Gasteiger charge is 2.18. The van der Waals surface area contributed by atoms with Crippen LogP contribution in [-0.2, 0) is 16.4 Å². The summed E-state index contributed by atoms with van der Waals surface area (Å²) in [6.45, 7) is 2.31. The fourth-order valence-corrected chi connectivity index (χ4v) is 3.98. The van der Waals surface area contributed by atoms with Crippen molar-refractivity contribution in [2.24, 2.45) is 0 Å². The van der Waals surface area contributed by atoms with E-state index in [4.69, 9.17) is 4.74 Å². The van der Waals surface area contributed by atoms with Gasteiger partial charge in [-0.05, 0) is 55.3 Å². The minimum Gasteiger partial charge on any atom is -0.497 e. The van der Waals surface area contributed by atoms with E-state index in [2.05, 4.69) is 10.0 Å². The van der Waals surface area contributed by atoms with E-state index >= 15 is 0 Å². The fourth-order valence-electron chi connectivity index (χ4n) is 2.90. The van der Waals surface area contributed by atoms with Crippen molar-refractivity contribution in [1.29, 1.82) is 0 Å². The molecule has 0 heterocycles. The van der Waals surface area contributed by atoms with Gasteiger partial charge in [0.05, 0.1) is 23.3 Å². The number of benzene rings is 3. The molecule has 3 aromatic carbocycles. The van der Waals surface area contributed by atoms with Gasteiger partial charge in [-0.25, -0.2) is 8.42 Å². The molecule has 0 saturated carbocycles. The average Bonchev–Trinajstić information content (AvgIpc) is 2.74. The number of amides is 1. The highest BCUT2D eigenvalue weighted by molar-refractivity contribution is 7.92. The van der Waals surface area contributed by atoms with E-state index < -0.39 is 10.0 Å². The first kappa shape index (κ1) is 21.4. The molecule has 3 aromatic rings. The zero-order chi connectivity index (χ0) is 21.6. The lowest BCUT2D eigenvalue weighted by Crippen LogP contribution is -2.27. The number of aryl methyl sites for hydroxylation is 1. The largest absolute Gasteiger partial charge is 0.497 e. The third kappa shape index (κ3) is 5.39. The summed E-state index contributed by atoms with van der Waals surface area (Å²) >= 11 is 0. The summed E-state index contributed by atoms with van der Waals surface area (Å²) in [5, 5.41) is 2.84. The topological polar surface area (TPSA) is 84.5 Å². The van der Waals surface area contributed by atoms with E-state index in [1.807, 2.05) is 31.2 Å². The Morgan fingerprint density at radius 3 is 2.27 bits per heavy atom. The lowest BCUT2D eigenvalue weighted by Gasteiger charge is -2.13. The Morgan fingerprint density at radius 1 is 0.933 bits per heavy atom. The second kappa shape index (κ2) is 9.45. The molecule has 0 aliphatic heterocycles. The molecule has 1 amide bonds. The number of hydrogen-bond donors (Lipinski definition) is 2. The van der Waals surface area contributed by atoms with E-state index in [1.165, 1.54) is 12.1 Å². The maximum absolute atomic E-state index is 12.7. The van der Waals surface area contributed by atoms with Gasteiger partial charge in [0.2, 0.25) is 0 Å². The third-order valence-corrected chi connectivity index (χ3v) is 5.99. The molecule has 0 aromatic heterocycles. The molecule has 0 aliphatic rings. The Labute approximate surface area is 177 Å². The van der Waals surface area contributed by atoms with E-state index in [1.54, 1.807) is 43.5 Å². The molecule has 0 spiro atoms. The Bertz CT molecular complexity index is 1110. The van der Waals surface area contributed by atoms with Crippen LogP contribution in [0.4, 0.5) is 5.69 Å². The molecule has 0 unspecified atom stereocenters. The van der Waals surface area contributed by atoms with Crippen LogP contribution in [0.1, 0.15) is 21.5 Å². The summed E-state index contributed by atoms with van der Waals surface area (Å²) in [5.41, 5.74) is 2.53. The number of nitrogens with one attached hydrogen (secondary N) is 2. The summed E-state index contributed by atoms with van der Waals surface area (Å²) in [4.78, 5) is 12.8. The molecule has 6 nitrogen and oxygen atoms in total. The van der Waals surface area contributed by atoms with Gasteiger partial charge in [-0.1, -0.05) is 42.0 Å². The lowest BCUT2D eigenvalue weighted by molar-refractivity contribution is 0.0955. The van der Waals surface area contributed by atoms with Gasteiger partial charge in [0.25, 0.3) is 15.9 Å². The van der Waals surface area contributed by atoms with E-state index in [9.17, 15) is 13.2 Å². The zero-order valence-electron chi connectivity index (χ0n) is 16.9. The summed E-state index contributed by atoms with van der Waals surface area (Å²) in [5.74, 6) is 0.434. The van der Waals surface area contributed by atoms with Crippen molar-refractivity contribution in [3.8, 4) is 5.75 Å². The molecule has 0 saturated heterocycles. The van der Waals surface area contributed by atoms with Crippen molar-refractivity contribution in [3.63, 3.8) is 0 Å². The number of ether oxygens (including phenoxy) is 1. The van der Waals surface area contributed by atoms with Crippen molar-refractivity contribution in [1.82, 2.24) is 5.32 Å². The quantitative estimate of drug-likeness (QED) is 0.576. The molecular formula is C23H24N2O4S. The Morgan fingerprint density at radius 2 is 1.60 bits per heavy atom. The van der Waals surface area contributed by atoms with Crippen LogP contribution in [0.25, 0.3) is 0 Å². The number of sulfonamides is 1. The van der Waals surface area contributed by atoms with Gasteiger partial charge >= 0.3 is 0 Å². The predicted octanol–water partition coefficient (Wildman–Crippen LogP) is 3.78. The molecule has 0 fully saturated rings. The average molecular weight is 425 g/mol. The minimum absolute atomic E-state index is 0.141.